The van der Waals surface area contributed by atoms with Crippen LogP contribution in [0.4, 0.5) is 0 Å². The Morgan fingerprint density at radius 2 is 0.895 bits per heavy atom. The summed E-state index contributed by atoms with van der Waals surface area (Å²) < 4.78 is 9.06. The molecule has 0 radical (unpaired) electrons. The van der Waals surface area contributed by atoms with E-state index in [1.807, 2.05) is 36.4 Å². The van der Waals surface area contributed by atoms with E-state index in [1.54, 1.807) is 0 Å². The zero-order chi connectivity index (χ0) is 37.5. The number of fused-ring (bicyclic) bond motifs is 12. The van der Waals surface area contributed by atoms with Crippen molar-refractivity contribution in [3.8, 4) is 62.5 Å². The summed E-state index contributed by atoms with van der Waals surface area (Å²) in [5, 5.41) is 2.23. The van der Waals surface area contributed by atoms with E-state index in [1.165, 1.54) is 22.3 Å². The quantitative estimate of drug-likeness (QED) is 0.181. The van der Waals surface area contributed by atoms with Crippen molar-refractivity contribution in [2.24, 2.45) is 0 Å². The minimum atomic E-state index is -0.566. The lowest BCUT2D eigenvalue weighted by atomic mass is 9.66. The fourth-order valence-electron chi connectivity index (χ4n) is 9.46. The van der Waals surface area contributed by atoms with Gasteiger partial charge in [0.1, 0.15) is 11.5 Å². The summed E-state index contributed by atoms with van der Waals surface area (Å²) in [5.41, 5.74) is 12.8. The van der Waals surface area contributed by atoms with Gasteiger partial charge in [-0.3, -0.25) is 0 Å². The molecule has 0 amide bonds. The van der Waals surface area contributed by atoms with Crippen LogP contribution in [-0.4, -0.2) is 19.5 Å². The highest BCUT2D eigenvalue weighted by Gasteiger charge is 2.51. The Labute approximate surface area is 329 Å². The Balaban J connectivity index is 1.16. The van der Waals surface area contributed by atoms with Crippen molar-refractivity contribution in [3.63, 3.8) is 0 Å². The molecule has 57 heavy (non-hydrogen) atoms. The maximum Gasteiger partial charge on any atom is 0.164 e. The summed E-state index contributed by atoms with van der Waals surface area (Å²) in [6.07, 6.45) is 0. The summed E-state index contributed by atoms with van der Waals surface area (Å²) in [5.74, 6) is 3.68. The van der Waals surface area contributed by atoms with E-state index in [0.717, 1.165) is 66.8 Å². The largest absolute Gasteiger partial charge is 0.457 e. The van der Waals surface area contributed by atoms with Gasteiger partial charge < -0.3 is 9.30 Å². The van der Waals surface area contributed by atoms with Gasteiger partial charge in [0.05, 0.1) is 22.1 Å². The Kier molecular flexibility index (Phi) is 6.78. The van der Waals surface area contributed by atoms with E-state index in [-0.39, 0.29) is 0 Å². The van der Waals surface area contributed by atoms with Gasteiger partial charge in [-0.1, -0.05) is 164 Å². The van der Waals surface area contributed by atoms with Crippen LogP contribution in [0.3, 0.4) is 0 Å². The summed E-state index contributed by atoms with van der Waals surface area (Å²) in [7, 11) is 0. The Bertz CT molecular complexity index is 3120. The normalized spacial score (nSPS) is 13.2. The summed E-state index contributed by atoms with van der Waals surface area (Å²) >= 11 is 0. The first-order chi connectivity index (χ1) is 28.3. The van der Waals surface area contributed by atoms with Gasteiger partial charge >= 0.3 is 0 Å². The van der Waals surface area contributed by atoms with Crippen molar-refractivity contribution in [2.45, 2.75) is 5.41 Å². The molecule has 0 unspecified atom stereocenters. The van der Waals surface area contributed by atoms with Gasteiger partial charge in [0.15, 0.2) is 17.5 Å². The fraction of sp³-hybridized carbons (Fsp3) is 0.0192. The second-order valence-corrected chi connectivity index (χ2v) is 14.7. The Morgan fingerprint density at radius 3 is 1.60 bits per heavy atom. The standard InChI is InChI=1S/C52H32N4O/c1-3-17-33(18-4-1)49-53-50(34-19-5-2-6-20-34)55-51(54-49)37-23-15-29-43-47(37)36-22-8-12-28-42(36)56(43)44-30-16-27-41-48(44)35-21-7-9-24-38(35)52(41)39-25-10-13-31-45(39)57-46-32-14-11-26-40(46)52/h1-32H. The van der Waals surface area contributed by atoms with Gasteiger partial charge in [-0.05, 0) is 47.0 Å². The molecule has 3 heterocycles. The molecule has 0 N–H and O–H groups in total. The molecule has 0 fully saturated rings. The molecule has 10 aromatic rings. The number of aromatic nitrogens is 4. The molecule has 2 aromatic heterocycles. The van der Waals surface area contributed by atoms with Crippen molar-refractivity contribution < 1.29 is 4.74 Å². The van der Waals surface area contributed by atoms with Crippen molar-refractivity contribution in [3.05, 3.63) is 216 Å². The van der Waals surface area contributed by atoms with E-state index >= 15 is 0 Å². The number of hydrogen-bond donors (Lipinski definition) is 0. The smallest absolute Gasteiger partial charge is 0.164 e. The zero-order valence-electron chi connectivity index (χ0n) is 30.7. The molecule has 0 atom stereocenters. The third kappa shape index (κ3) is 4.48. The molecule has 0 saturated carbocycles. The van der Waals surface area contributed by atoms with Crippen LogP contribution in [-0.2, 0) is 5.41 Å². The molecule has 0 saturated heterocycles. The molecule has 1 spiro atoms. The first-order valence-corrected chi connectivity index (χ1v) is 19.3. The predicted octanol–water partition coefficient (Wildman–Crippen LogP) is 12.4. The summed E-state index contributed by atoms with van der Waals surface area (Å²) in [6.45, 7) is 0. The molecular formula is C52H32N4O. The summed E-state index contributed by atoms with van der Waals surface area (Å²) in [6, 6.07) is 68.3. The number of nitrogens with zero attached hydrogens (tertiary/aromatic N) is 4. The fourth-order valence-corrected chi connectivity index (χ4v) is 9.46. The molecule has 1 aliphatic carbocycles. The topological polar surface area (TPSA) is 52.8 Å². The molecule has 8 aromatic carbocycles. The Hall–Kier alpha value is -7.63. The first-order valence-electron chi connectivity index (χ1n) is 19.3. The molecule has 5 heteroatoms. The number of ether oxygens (including phenoxy) is 1. The van der Waals surface area contributed by atoms with Gasteiger partial charge in [0, 0.05) is 44.2 Å². The SMILES string of the molecule is c1ccc(-c2nc(-c3ccccc3)nc(-c3cccc4c3c3ccccc3n4-c3cccc4c3-c3ccccc3C43c4ccccc4Oc4ccccc43)n2)cc1. The minimum absolute atomic E-state index is 0.566. The maximum absolute atomic E-state index is 6.62. The van der Waals surface area contributed by atoms with Crippen molar-refractivity contribution in [1.82, 2.24) is 19.5 Å². The van der Waals surface area contributed by atoms with Crippen LogP contribution < -0.4 is 4.74 Å². The van der Waals surface area contributed by atoms with Crippen LogP contribution in [0.5, 0.6) is 11.5 Å². The van der Waals surface area contributed by atoms with E-state index < -0.39 is 5.41 Å². The number of hydrogen-bond acceptors (Lipinski definition) is 4. The molecule has 0 bridgehead atoms. The number of rotatable bonds is 4. The van der Waals surface area contributed by atoms with Gasteiger partial charge in [-0.2, -0.15) is 0 Å². The van der Waals surface area contributed by atoms with Crippen LogP contribution in [0, 0.1) is 0 Å². The Morgan fingerprint density at radius 1 is 0.386 bits per heavy atom. The van der Waals surface area contributed by atoms with Gasteiger partial charge in [0.25, 0.3) is 0 Å². The van der Waals surface area contributed by atoms with Crippen molar-refractivity contribution >= 4 is 21.8 Å². The number of para-hydroxylation sites is 3. The lowest BCUT2D eigenvalue weighted by Gasteiger charge is -2.39. The van der Waals surface area contributed by atoms with E-state index in [0.29, 0.717) is 17.5 Å². The molecule has 266 valence electrons. The molecular weight excluding hydrogens is 697 g/mol. The highest BCUT2D eigenvalue weighted by atomic mass is 16.5. The van der Waals surface area contributed by atoms with Crippen LogP contribution in [0.1, 0.15) is 22.3 Å². The second-order valence-electron chi connectivity index (χ2n) is 14.7. The van der Waals surface area contributed by atoms with Crippen LogP contribution in [0.25, 0.3) is 72.8 Å². The van der Waals surface area contributed by atoms with Crippen LogP contribution in [0.2, 0.25) is 0 Å². The van der Waals surface area contributed by atoms with Crippen LogP contribution >= 0.6 is 0 Å². The van der Waals surface area contributed by atoms with Crippen molar-refractivity contribution in [1.29, 1.82) is 0 Å². The average Bonchev–Trinajstić information content (AvgIpc) is 3.78. The average molecular weight is 729 g/mol. The predicted molar refractivity (Wildman–Crippen MR) is 228 cm³/mol. The lowest BCUT2D eigenvalue weighted by molar-refractivity contribution is 0.436. The first kappa shape index (κ1) is 31.7. The maximum atomic E-state index is 6.62. The molecule has 5 nitrogen and oxygen atoms in total. The third-order valence-electron chi connectivity index (χ3n) is 11.7. The minimum Gasteiger partial charge on any atom is -0.457 e. The van der Waals surface area contributed by atoms with Crippen molar-refractivity contribution in [2.75, 3.05) is 0 Å². The van der Waals surface area contributed by atoms with Gasteiger partial charge in [-0.15, -0.1) is 0 Å². The van der Waals surface area contributed by atoms with Gasteiger partial charge in [0.2, 0.25) is 0 Å². The molecule has 2 aliphatic rings. The number of benzene rings is 8. The van der Waals surface area contributed by atoms with Gasteiger partial charge in [-0.25, -0.2) is 15.0 Å². The van der Waals surface area contributed by atoms with E-state index in [9.17, 15) is 0 Å². The molecule has 1 aliphatic heterocycles. The lowest BCUT2D eigenvalue weighted by Crippen LogP contribution is -2.32. The highest BCUT2D eigenvalue weighted by Crippen LogP contribution is 2.63. The second kappa shape index (κ2) is 12.2. The van der Waals surface area contributed by atoms with E-state index in [4.69, 9.17) is 19.7 Å². The summed E-state index contributed by atoms with van der Waals surface area (Å²) in [4.78, 5) is 15.4. The highest BCUT2D eigenvalue weighted by molar-refractivity contribution is 6.16. The third-order valence-corrected chi connectivity index (χ3v) is 11.7. The van der Waals surface area contributed by atoms with Crippen LogP contribution in [0.15, 0.2) is 194 Å². The molecule has 12 rings (SSSR count). The zero-order valence-corrected chi connectivity index (χ0v) is 30.7. The van der Waals surface area contributed by atoms with E-state index in [2.05, 4.69) is 162 Å². The monoisotopic (exact) mass is 728 g/mol.